The van der Waals surface area contributed by atoms with Crippen molar-refractivity contribution in [1.82, 2.24) is 5.32 Å². The number of hydrogen-bond donors (Lipinski definition) is 1. The van der Waals surface area contributed by atoms with Crippen LogP contribution >= 0.6 is 0 Å². The van der Waals surface area contributed by atoms with Gasteiger partial charge in [-0.1, -0.05) is 66.7 Å². The van der Waals surface area contributed by atoms with E-state index in [1.807, 2.05) is 30.3 Å². The first kappa shape index (κ1) is 18.3. The molecule has 1 N–H and O–H groups in total. The maximum Gasteiger partial charge on any atom is 0.224 e. The summed E-state index contributed by atoms with van der Waals surface area (Å²) in [7, 11) is 0. The molecular formula is C25H26N2O. The minimum Gasteiger partial charge on any atom is -0.372 e. The molecule has 1 amide bonds. The van der Waals surface area contributed by atoms with Gasteiger partial charge in [0.15, 0.2) is 0 Å². The van der Waals surface area contributed by atoms with E-state index in [2.05, 4.69) is 58.7 Å². The minimum absolute atomic E-state index is 0.0519. The van der Waals surface area contributed by atoms with Crippen LogP contribution in [-0.2, 0) is 17.8 Å². The second-order valence-electron chi connectivity index (χ2n) is 7.38. The third-order valence-corrected chi connectivity index (χ3v) is 5.32. The Kier molecular flexibility index (Phi) is 5.72. The zero-order valence-electron chi connectivity index (χ0n) is 16.1. The van der Waals surface area contributed by atoms with Gasteiger partial charge in [0.25, 0.3) is 0 Å². The van der Waals surface area contributed by atoms with Gasteiger partial charge in [-0.3, -0.25) is 4.79 Å². The molecule has 3 aromatic carbocycles. The lowest BCUT2D eigenvalue weighted by molar-refractivity contribution is -0.120. The molecule has 0 saturated carbocycles. The normalized spacial score (nSPS) is 13.5. The summed E-state index contributed by atoms with van der Waals surface area (Å²) in [5.74, 6) is 0.0519. The molecule has 1 saturated heterocycles. The predicted molar refractivity (Wildman–Crippen MR) is 115 cm³/mol. The van der Waals surface area contributed by atoms with Crippen LogP contribution in [0.5, 0.6) is 0 Å². The summed E-state index contributed by atoms with van der Waals surface area (Å²) in [5, 5.41) is 3.03. The van der Waals surface area contributed by atoms with Crippen LogP contribution in [0.4, 0.5) is 5.69 Å². The van der Waals surface area contributed by atoms with E-state index < -0.39 is 0 Å². The van der Waals surface area contributed by atoms with Crippen molar-refractivity contribution in [2.24, 2.45) is 0 Å². The maximum absolute atomic E-state index is 12.3. The van der Waals surface area contributed by atoms with Gasteiger partial charge in [0.05, 0.1) is 6.42 Å². The Balaban J connectivity index is 1.28. The van der Waals surface area contributed by atoms with E-state index in [0.29, 0.717) is 13.0 Å². The van der Waals surface area contributed by atoms with Crippen LogP contribution in [0.15, 0.2) is 78.9 Å². The van der Waals surface area contributed by atoms with Gasteiger partial charge in [-0.25, -0.2) is 0 Å². The SMILES string of the molecule is O=C(Cc1ccc(-c2ccccc2)cc1)NCc1ccc(N2CCCC2)cc1. The van der Waals surface area contributed by atoms with Gasteiger partial charge >= 0.3 is 0 Å². The highest BCUT2D eigenvalue weighted by atomic mass is 16.1. The van der Waals surface area contributed by atoms with E-state index in [1.165, 1.54) is 29.7 Å². The second-order valence-corrected chi connectivity index (χ2v) is 7.38. The topological polar surface area (TPSA) is 32.3 Å². The van der Waals surface area contributed by atoms with E-state index >= 15 is 0 Å². The smallest absolute Gasteiger partial charge is 0.224 e. The summed E-state index contributed by atoms with van der Waals surface area (Å²) < 4.78 is 0. The van der Waals surface area contributed by atoms with Crippen molar-refractivity contribution >= 4 is 11.6 Å². The lowest BCUT2D eigenvalue weighted by atomic mass is 10.0. The summed E-state index contributed by atoms with van der Waals surface area (Å²) in [6, 6.07) is 27.1. The quantitative estimate of drug-likeness (QED) is 0.675. The van der Waals surface area contributed by atoms with Crippen molar-refractivity contribution < 1.29 is 4.79 Å². The highest BCUT2D eigenvalue weighted by molar-refractivity contribution is 5.78. The number of anilines is 1. The Labute approximate surface area is 167 Å². The summed E-state index contributed by atoms with van der Waals surface area (Å²) in [4.78, 5) is 14.7. The fraction of sp³-hybridized carbons (Fsp3) is 0.240. The molecule has 142 valence electrons. The highest BCUT2D eigenvalue weighted by Crippen LogP contribution is 2.21. The lowest BCUT2D eigenvalue weighted by Gasteiger charge is -2.17. The summed E-state index contributed by atoms with van der Waals surface area (Å²) in [6.07, 6.45) is 2.97. The molecule has 3 nitrogen and oxygen atoms in total. The summed E-state index contributed by atoms with van der Waals surface area (Å²) >= 11 is 0. The van der Waals surface area contributed by atoms with Crippen LogP contribution in [0.2, 0.25) is 0 Å². The molecule has 1 heterocycles. The number of nitrogens with one attached hydrogen (secondary N) is 1. The van der Waals surface area contributed by atoms with Crippen molar-refractivity contribution in [3.63, 3.8) is 0 Å². The Morgan fingerprint density at radius 3 is 2.04 bits per heavy atom. The van der Waals surface area contributed by atoms with E-state index in [-0.39, 0.29) is 5.91 Å². The first-order valence-corrected chi connectivity index (χ1v) is 10.0. The van der Waals surface area contributed by atoms with Gasteiger partial charge in [0.2, 0.25) is 5.91 Å². The van der Waals surface area contributed by atoms with E-state index in [9.17, 15) is 4.79 Å². The number of carbonyl (C=O) groups is 1. The molecule has 0 aliphatic carbocycles. The van der Waals surface area contributed by atoms with Crippen molar-refractivity contribution in [3.8, 4) is 11.1 Å². The van der Waals surface area contributed by atoms with Crippen molar-refractivity contribution in [2.75, 3.05) is 18.0 Å². The summed E-state index contributed by atoms with van der Waals surface area (Å²) in [5.41, 5.74) is 5.81. The maximum atomic E-state index is 12.3. The second kappa shape index (κ2) is 8.75. The Morgan fingerprint density at radius 1 is 0.750 bits per heavy atom. The fourth-order valence-electron chi connectivity index (χ4n) is 3.69. The average Bonchev–Trinajstić information content (AvgIpc) is 3.29. The molecule has 4 rings (SSSR count). The summed E-state index contributed by atoms with van der Waals surface area (Å²) in [6.45, 7) is 2.87. The number of carbonyl (C=O) groups excluding carboxylic acids is 1. The molecule has 0 radical (unpaired) electrons. The fourth-order valence-corrected chi connectivity index (χ4v) is 3.69. The van der Waals surface area contributed by atoms with Gasteiger partial charge in [-0.2, -0.15) is 0 Å². The van der Waals surface area contributed by atoms with Gasteiger partial charge in [0.1, 0.15) is 0 Å². The molecule has 1 fully saturated rings. The zero-order valence-corrected chi connectivity index (χ0v) is 16.1. The Hall–Kier alpha value is -3.07. The molecule has 28 heavy (non-hydrogen) atoms. The van der Waals surface area contributed by atoms with Crippen molar-refractivity contribution in [2.45, 2.75) is 25.8 Å². The third kappa shape index (κ3) is 4.61. The molecule has 1 aliphatic rings. The lowest BCUT2D eigenvalue weighted by Crippen LogP contribution is -2.24. The Bertz CT molecular complexity index is 896. The number of nitrogens with zero attached hydrogens (tertiary/aromatic N) is 1. The highest BCUT2D eigenvalue weighted by Gasteiger charge is 2.12. The monoisotopic (exact) mass is 370 g/mol. The van der Waals surface area contributed by atoms with Gasteiger partial charge in [-0.15, -0.1) is 0 Å². The first-order chi connectivity index (χ1) is 13.8. The molecule has 3 heteroatoms. The van der Waals surface area contributed by atoms with E-state index in [0.717, 1.165) is 24.2 Å². The first-order valence-electron chi connectivity index (χ1n) is 10.0. The van der Waals surface area contributed by atoms with E-state index in [4.69, 9.17) is 0 Å². The predicted octanol–water partition coefficient (Wildman–Crippen LogP) is 4.81. The van der Waals surface area contributed by atoms with Crippen LogP contribution in [0, 0.1) is 0 Å². The molecule has 0 aromatic heterocycles. The van der Waals surface area contributed by atoms with Gasteiger partial charge in [-0.05, 0) is 47.2 Å². The average molecular weight is 370 g/mol. The minimum atomic E-state index is 0.0519. The number of hydrogen-bond acceptors (Lipinski definition) is 2. The Morgan fingerprint density at radius 2 is 1.36 bits per heavy atom. The largest absolute Gasteiger partial charge is 0.372 e. The standard InChI is InChI=1S/C25H26N2O/c28-25(18-20-8-12-23(13-9-20)22-6-2-1-3-7-22)26-19-21-10-14-24(15-11-21)27-16-4-5-17-27/h1-3,6-15H,4-5,16-19H2,(H,26,28). The van der Waals surface area contributed by atoms with Crippen LogP contribution in [0.3, 0.4) is 0 Å². The molecule has 0 spiro atoms. The molecule has 1 aliphatic heterocycles. The zero-order chi connectivity index (χ0) is 19.2. The van der Waals surface area contributed by atoms with Crippen molar-refractivity contribution in [1.29, 1.82) is 0 Å². The van der Waals surface area contributed by atoms with Crippen LogP contribution in [-0.4, -0.2) is 19.0 Å². The van der Waals surface area contributed by atoms with Gasteiger partial charge < -0.3 is 10.2 Å². The number of amides is 1. The van der Waals surface area contributed by atoms with Crippen LogP contribution in [0.25, 0.3) is 11.1 Å². The van der Waals surface area contributed by atoms with Gasteiger partial charge in [0, 0.05) is 25.3 Å². The number of benzene rings is 3. The third-order valence-electron chi connectivity index (χ3n) is 5.32. The molecule has 0 atom stereocenters. The molecule has 3 aromatic rings. The van der Waals surface area contributed by atoms with Crippen LogP contribution < -0.4 is 10.2 Å². The molecular weight excluding hydrogens is 344 g/mol. The van der Waals surface area contributed by atoms with E-state index in [1.54, 1.807) is 0 Å². The number of rotatable bonds is 6. The van der Waals surface area contributed by atoms with Crippen LogP contribution in [0.1, 0.15) is 24.0 Å². The molecule has 0 unspecified atom stereocenters. The van der Waals surface area contributed by atoms with Crippen molar-refractivity contribution in [3.05, 3.63) is 90.0 Å². The molecule has 0 bridgehead atoms.